The fourth-order valence-corrected chi connectivity index (χ4v) is 2.09. The van der Waals surface area contributed by atoms with Gasteiger partial charge in [0.25, 0.3) is 0 Å². The van der Waals surface area contributed by atoms with Gasteiger partial charge in [-0.1, -0.05) is 13.5 Å². The largest absolute Gasteiger partial charge is 0.460 e. The summed E-state index contributed by atoms with van der Waals surface area (Å²) in [7, 11) is 0. The Hall–Kier alpha value is -1.98. The zero-order valence-corrected chi connectivity index (χ0v) is 16.2. The Morgan fingerprint density at radius 3 is 1.21 bits per heavy atom. The molecule has 0 aliphatic rings. The van der Waals surface area contributed by atoms with Crippen LogP contribution in [0, 0.1) is 5.92 Å². The molecule has 0 fully saturated rings. The molecule has 0 saturated carbocycles. The van der Waals surface area contributed by atoms with Crippen LogP contribution in [0.25, 0.3) is 0 Å². The highest BCUT2D eigenvalue weighted by Crippen LogP contribution is 2.64. The van der Waals surface area contributed by atoms with Gasteiger partial charge in [0.1, 0.15) is 6.10 Å². The maximum atomic E-state index is 14.0. The Labute approximate surface area is 177 Å². The lowest BCUT2D eigenvalue weighted by Gasteiger charge is -2.44. The topological polar surface area (TPSA) is 26.3 Å². The van der Waals surface area contributed by atoms with Crippen molar-refractivity contribution in [2.45, 2.75) is 67.6 Å². The van der Waals surface area contributed by atoms with E-state index in [0.717, 1.165) is 0 Å². The van der Waals surface area contributed by atoms with E-state index >= 15 is 0 Å². The van der Waals surface area contributed by atoms with E-state index in [1.54, 1.807) is 0 Å². The Kier molecular flexibility index (Phi) is 8.10. The van der Waals surface area contributed by atoms with Crippen LogP contribution in [-0.2, 0) is 9.53 Å². The van der Waals surface area contributed by atoms with E-state index in [-0.39, 0.29) is 19.9 Å². The molecule has 34 heavy (non-hydrogen) atoms. The molecule has 2 atom stereocenters. The number of hydrogen-bond donors (Lipinski definition) is 0. The van der Waals surface area contributed by atoms with Crippen LogP contribution < -0.4 is 0 Å². The quantitative estimate of drug-likeness (QED) is 0.172. The zero-order chi connectivity index (χ0) is 28.1. The minimum absolute atomic E-state index is 0.187. The summed E-state index contributed by atoms with van der Waals surface area (Å²) in [5.41, 5.74) is 0. The minimum atomic E-state index is -8.69. The van der Waals surface area contributed by atoms with Crippen LogP contribution in [0.15, 0.2) is 12.7 Å². The maximum Gasteiger partial charge on any atom is 0.460 e. The van der Waals surface area contributed by atoms with Crippen molar-refractivity contribution in [1.82, 2.24) is 0 Å². The van der Waals surface area contributed by atoms with Gasteiger partial charge < -0.3 is 4.74 Å². The van der Waals surface area contributed by atoms with Crippen molar-refractivity contribution in [2.75, 3.05) is 0 Å². The average Bonchev–Trinajstić information content (AvgIpc) is 2.64. The fraction of sp³-hybridized carbons (Fsp3) is 0.800. The van der Waals surface area contributed by atoms with Gasteiger partial charge in [0, 0.05) is 6.08 Å². The van der Waals surface area contributed by atoms with E-state index < -0.39 is 65.6 Å². The van der Waals surface area contributed by atoms with Crippen LogP contribution in [0.1, 0.15) is 13.8 Å². The lowest BCUT2D eigenvalue weighted by Crippen LogP contribution is -2.75. The Morgan fingerprint density at radius 1 is 0.618 bits per heavy atom. The second-order valence-electron chi connectivity index (χ2n) is 6.70. The first-order valence-corrected chi connectivity index (χ1v) is 8.08. The first-order valence-electron chi connectivity index (χ1n) is 8.08. The van der Waals surface area contributed by atoms with Crippen molar-refractivity contribution >= 4 is 5.97 Å². The summed E-state index contributed by atoms with van der Waals surface area (Å²) >= 11 is 0. The highest BCUT2D eigenvalue weighted by Gasteiger charge is 2.95. The average molecular weight is 546 g/mol. The number of ether oxygens (including phenoxy) is 1. The highest BCUT2D eigenvalue weighted by molar-refractivity contribution is 5.81. The van der Waals surface area contributed by atoms with Crippen molar-refractivity contribution in [2.24, 2.45) is 5.92 Å². The van der Waals surface area contributed by atoms with Crippen molar-refractivity contribution in [1.29, 1.82) is 0 Å². The molecule has 202 valence electrons. The SMILES string of the molecule is C=CC(=O)OC(C)C(C)C(F)(F)C(F)(F)C(F)(F)C(F)(F)C(F)(F)C(F)(F)C(F)(F)C(F)(F)F. The molecule has 0 heterocycles. The lowest BCUT2D eigenvalue weighted by molar-refractivity contribution is -0.463. The Morgan fingerprint density at radius 2 is 0.912 bits per heavy atom. The third-order valence-electron chi connectivity index (χ3n) is 4.49. The number of carbonyl (C=O) groups is 1. The third-order valence-corrected chi connectivity index (χ3v) is 4.49. The summed E-state index contributed by atoms with van der Waals surface area (Å²) in [5, 5.41) is 0. The molecule has 0 amide bonds. The highest BCUT2D eigenvalue weighted by atomic mass is 19.4. The molecule has 0 aromatic carbocycles. The maximum absolute atomic E-state index is 14.0. The molecular formula is C15H11F17O2. The second-order valence-corrected chi connectivity index (χ2v) is 6.70. The van der Waals surface area contributed by atoms with Gasteiger partial charge in [-0.25, -0.2) is 4.79 Å². The molecule has 0 aromatic heterocycles. The molecule has 0 aliphatic heterocycles. The number of halogens is 17. The molecule has 0 radical (unpaired) electrons. The van der Waals surface area contributed by atoms with Gasteiger partial charge in [-0.2, -0.15) is 74.6 Å². The van der Waals surface area contributed by atoms with Gasteiger partial charge in [0.05, 0.1) is 5.92 Å². The van der Waals surface area contributed by atoms with Gasteiger partial charge in [0.15, 0.2) is 0 Å². The summed E-state index contributed by atoms with van der Waals surface area (Å²) in [4.78, 5) is 10.9. The van der Waals surface area contributed by atoms with Gasteiger partial charge in [-0.3, -0.25) is 0 Å². The molecule has 2 nitrogen and oxygen atoms in total. The summed E-state index contributed by atoms with van der Waals surface area (Å²) in [6, 6.07) is 0. The van der Waals surface area contributed by atoms with E-state index in [9.17, 15) is 79.4 Å². The Bertz CT molecular complexity index is 767. The monoisotopic (exact) mass is 546 g/mol. The van der Waals surface area contributed by atoms with Crippen molar-refractivity contribution in [3.63, 3.8) is 0 Å². The predicted octanol–water partition coefficient (Wildman–Crippen LogP) is 6.75. The number of alkyl halides is 17. The molecule has 0 saturated heterocycles. The van der Waals surface area contributed by atoms with Crippen molar-refractivity contribution in [3.8, 4) is 0 Å². The van der Waals surface area contributed by atoms with Gasteiger partial charge >= 0.3 is 53.6 Å². The standard InChI is InChI=1S/C15H11F17O2/c1-4-7(33)34-6(3)5(2)8(16,17)9(18,19)10(20,21)11(22,23)12(24,25)13(26,27)14(28,29)15(30,31)32/h4-6H,1H2,2-3H3. The molecule has 0 bridgehead atoms. The summed E-state index contributed by atoms with van der Waals surface area (Å²) < 4.78 is 228. The molecule has 0 spiro atoms. The van der Waals surface area contributed by atoms with Gasteiger partial charge in [-0.15, -0.1) is 0 Å². The van der Waals surface area contributed by atoms with Crippen LogP contribution >= 0.6 is 0 Å². The lowest BCUT2D eigenvalue weighted by atomic mass is 9.84. The summed E-state index contributed by atoms with van der Waals surface area (Å²) in [6.45, 7) is 2.81. The molecule has 0 N–H and O–H groups in total. The number of rotatable bonds is 10. The molecular weight excluding hydrogens is 535 g/mol. The first-order chi connectivity index (χ1) is 14.5. The van der Waals surface area contributed by atoms with Crippen LogP contribution in [0.5, 0.6) is 0 Å². The molecule has 2 unspecified atom stereocenters. The smallest absolute Gasteiger partial charge is 0.459 e. The minimum Gasteiger partial charge on any atom is -0.459 e. The summed E-state index contributed by atoms with van der Waals surface area (Å²) in [5.74, 6) is -62.1. The van der Waals surface area contributed by atoms with Crippen molar-refractivity contribution < 1.29 is 84.2 Å². The van der Waals surface area contributed by atoms with Crippen LogP contribution in [0.3, 0.4) is 0 Å². The molecule has 0 rings (SSSR count). The van der Waals surface area contributed by atoms with Crippen LogP contribution in [-0.4, -0.2) is 59.7 Å². The van der Waals surface area contributed by atoms with E-state index in [0.29, 0.717) is 0 Å². The predicted molar refractivity (Wildman–Crippen MR) is 75.6 cm³/mol. The van der Waals surface area contributed by atoms with Gasteiger partial charge in [0.2, 0.25) is 0 Å². The number of esters is 1. The second kappa shape index (κ2) is 8.60. The van der Waals surface area contributed by atoms with Crippen LogP contribution in [0.2, 0.25) is 0 Å². The summed E-state index contributed by atoms with van der Waals surface area (Å²) in [6.07, 6.45) is -10.2. The van der Waals surface area contributed by atoms with E-state index in [1.165, 1.54) is 0 Å². The van der Waals surface area contributed by atoms with E-state index in [2.05, 4.69) is 11.3 Å². The number of carbonyl (C=O) groups excluding carboxylic acids is 1. The van der Waals surface area contributed by atoms with Crippen molar-refractivity contribution in [3.05, 3.63) is 12.7 Å². The van der Waals surface area contributed by atoms with Crippen LogP contribution in [0.4, 0.5) is 74.6 Å². The number of hydrogen-bond acceptors (Lipinski definition) is 2. The normalized spacial score (nSPS) is 17.3. The molecule has 0 aliphatic carbocycles. The Balaban J connectivity index is 6.71. The fourth-order valence-electron chi connectivity index (χ4n) is 2.09. The van der Waals surface area contributed by atoms with E-state index in [4.69, 9.17) is 0 Å². The zero-order valence-electron chi connectivity index (χ0n) is 16.2. The van der Waals surface area contributed by atoms with E-state index in [1.807, 2.05) is 0 Å². The molecule has 19 heteroatoms. The first kappa shape index (κ1) is 32.0. The third kappa shape index (κ3) is 4.26. The van der Waals surface area contributed by atoms with Gasteiger partial charge in [-0.05, 0) is 6.92 Å². The molecule has 0 aromatic rings.